The number of rotatable bonds is 7. The number of fused-ring (bicyclic) bond motifs is 1. The van der Waals surface area contributed by atoms with E-state index in [9.17, 15) is 9.59 Å². The van der Waals surface area contributed by atoms with Gasteiger partial charge in [-0.15, -0.1) is 0 Å². The van der Waals surface area contributed by atoms with E-state index in [1.165, 1.54) is 9.08 Å². The second kappa shape index (κ2) is 9.20. The maximum absolute atomic E-state index is 13.1. The van der Waals surface area contributed by atoms with Gasteiger partial charge in [0.25, 0.3) is 5.56 Å². The minimum atomic E-state index is -0.287. The Hall–Kier alpha value is -4.07. The van der Waals surface area contributed by atoms with Crippen molar-refractivity contribution in [1.82, 2.24) is 14.2 Å². The predicted molar refractivity (Wildman–Crippen MR) is 127 cm³/mol. The first kappa shape index (κ1) is 22.1. The summed E-state index contributed by atoms with van der Waals surface area (Å²) in [7, 11) is 3.14. The molecule has 1 amide bonds. The number of amides is 1. The van der Waals surface area contributed by atoms with Crippen LogP contribution in [-0.2, 0) is 11.3 Å². The first-order valence-corrected chi connectivity index (χ1v) is 10.6. The quantitative estimate of drug-likeness (QED) is 0.434. The summed E-state index contributed by atoms with van der Waals surface area (Å²) in [5, 5.41) is 4.52. The maximum Gasteiger partial charge on any atom is 0.277 e. The number of carbonyl (C=O) groups excluding carboxylic acids is 1. The minimum absolute atomic E-state index is 0.0615. The molecular weight excluding hydrogens is 420 g/mol. The minimum Gasteiger partial charge on any atom is -0.493 e. The van der Waals surface area contributed by atoms with E-state index in [-0.39, 0.29) is 18.0 Å². The summed E-state index contributed by atoms with van der Waals surface area (Å²) in [6.07, 6.45) is 3.26. The van der Waals surface area contributed by atoms with E-state index < -0.39 is 0 Å². The third kappa shape index (κ3) is 4.32. The number of hydrogen-bond acceptors (Lipinski definition) is 5. The van der Waals surface area contributed by atoms with Crippen LogP contribution >= 0.6 is 0 Å². The van der Waals surface area contributed by atoms with Crippen LogP contribution in [0.1, 0.15) is 12.5 Å². The van der Waals surface area contributed by atoms with E-state index in [1.807, 2.05) is 50.2 Å². The number of benzene rings is 2. The molecule has 4 rings (SSSR count). The van der Waals surface area contributed by atoms with Crippen LogP contribution in [0.5, 0.6) is 11.5 Å². The third-order valence-electron chi connectivity index (χ3n) is 5.52. The van der Waals surface area contributed by atoms with Gasteiger partial charge in [0.15, 0.2) is 11.5 Å². The number of anilines is 1. The lowest BCUT2D eigenvalue weighted by atomic mass is 10.1. The van der Waals surface area contributed by atoms with Gasteiger partial charge in [0.05, 0.1) is 19.9 Å². The number of ether oxygens (including phenoxy) is 2. The monoisotopic (exact) mass is 446 g/mol. The largest absolute Gasteiger partial charge is 0.493 e. The molecule has 0 spiro atoms. The van der Waals surface area contributed by atoms with Gasteiger partial charge in [-0.2, -0.15) is 5.10 Å². The molecule has 0 radical (unpaired) electrons. The number of aryl methyl sites for hydroxylation is 1. The lowest BCUT2D eigenvalue weighted by molar-refractivity contribution is -0.119. The van der Waals surface area contributed by atoms with Crippen LogP contribution in [0.2, 0.25) is 0 Å². The molecule has 0 N–H and O–H groups in total. The molecule has 33 heavy (non-hydrogen) atoms. The molecule has 8 nitrogen and oxygen atoms in total. The highest BCUT2D eigenvalue weighted by Crippen LogP contribution is 2.31. The van der Waals surface area contributed by atoms with Gasteiger partial charge in [-0.1, -0.05) is 12.1 Å². The predicted octanol–water partition coefficient (Wildman–Crippen LogP) is 3.54. The molecule has 0 saturated carbocycles. The molecule has 2 aromatic carbocycles. The highest BCUT2D eigenvalue weighted by molar-refractivity contribution is 5.93. The van der Waals surface area contributed by atoms with E-state index in [1.54, 1.807) is 43.6 Å². The second-order valence-corrected chi connectivity index (χ2v) is 7.64. The molecule has 0 fully saturated rings. The zero-order valence-electron chi connectivity index (χ0n) is 19.1. The molecule has 2 aromatic heterocycles. The Labute approximate surface area is 191 Å². The van der Waals surface area contributed by atoms with Crippen LogP contribution in [0.15, 0.2) is 65.7 Å². The Morgan fingerprint density at radius 1 is 1.03 bits per heavy atom. The summed E-state index contributed by atoms with van der Waals surface area (Å²) < 4.78 is 13.6. The van der Waals surface area contributed by atoms with E-state index in [4.69, 9.17) is 9.47 Å². The lowest BCUT2D eigenvalue weighted by Crippen LogP contribution is -2.36. The Balaban J connectivity index is 1.65. The Kier molecular flexibility index (Phi) is 6.17. The Bertz CT molecular complexity index is 1370. The number of methoxy groups -OCH3 is 2. The van der Waals surface area contributed by atoms with Crippen LogP contribution in [0.25, 0.3) is 16.8 Å². The lowest BCUT2D eigenvalue weighted by Gasteiger charge is -2.22. The van der Waals surface area contributed by atoms with Crippen molar-refractivity contribution in [2.75, 3.05) is 25.7 Å². The van der Waals surface area contributed by atoms with Crippen LogP contribution in [-0.4, -0.2) is 40.9 Å². The van der Waals surface area contributed by atoms with Crippen molar-refractivity contribution in [3.8, 4) is 22.8 Å². The van der Waals surface area contributed by atoms with Gasteiger partial charge in [-0.25, -0.2) is 4.52 Å². The summed E-state index contributed by atoms with van der Waals surface area (Å²) in [5.74, 6) is 1.03. The van der Waals surface area contributed by atoms with Gasteiger partial charge >= 0.3 is 0 Å². The zero-order valence-corrected chi connectivity index (χ0v) is 19.1. The average molecular weight is 447 g/mol. The standard InChI is InChI=1S/C25H26N4O4/c1-5-28(19-8-6-7-17(2)13-19)24(30)16-27-11-12-29-21(25(27)31)15-20(26-29)18-9-10-22(32-3)23(14-18)33-4/h6-15H,5,16H2,1-4H3. The average Bonchev–Trinajstić information content (AvgIpc) is 3.26. The SMILES string of the molecule is CCN(C(=O)Cn1ccn2nc(-c3ccc(OC)c(OC)c3)cc2c1=O)c1cccc(C)c1. The molecule has 0 unspecified atom stereocenters. The van der Waals surface area contributed by atoms with Crippen molar-refractivity contribution in [3.63, 3.8) is 0 Å². The number of carbonyl (C=O) groups is 1. The van der Waals surface area contributed by atoms with Crippen molar-refractivity contribution in [3.05, 3.63) is 76.8 Å². The fraction of sp³-hybridized carbons (Fsp3) is 0.240. The van der Waals surface area contributed by atoms with Crippen LogP contribution in [0.4, 0.5) is 5.69 Å². The van der Waals surface area contributed by atoms with Crippen molar-refractivity contribution >= 4 is 17.1 Å². The fourth-order valence-electron chi connectivity index (χ4n) is 3.82. The van der Waals surface area contributed by atoms with E-state index >= 15 is 0 Å². The maximum atomic E-state index is 13.1. The van der Waals surface area contributed by atoms with Crippen molar-refractivity contribution in [2.45, 2.75) is 20.4 Å². The summed E-state index contributed by atoms with van der Waals surface area (Å²) in [5.41, 5.74) is 3.39. The highest BCUT2D eigenvalue weighted by atomic mass is 16.5. The van der Waals surface area contributed by atoms with Crippen molar-refractivity contribution in [1.29, 1.82) is 0 Å². The van der Waals surface area contributed by atoms with Gasteiger partial charge in [-0.05, 0) is 55.8 Å². The molecule has 8 heteroatoms. The van der Waals surface area contributed by atoms with Crippen LogP contribution in [0.3, 0.4) is 0 Å². The van der Waals surface area contributed by atoms with Crippen LogP contribution < -0.4 is 19.9 Å². The first-order valence-electron chi connectivity index (χ1n) is 10.6. The summed E-state index contributed by atoms with van der Waals surface area (Å²) in [6, 6.07) is 14.9. The van der Waals surface area contributed by atoms with Crippen molar-refractivity contribution < 1.29 is 14.3 Å². The molecule has 0 bridgehead atoms. The topological polar surface area (TPSA) is 78.1 Å². The number of hydrogen-bond donors (Lipinski definition) is 0. The second-order valence-electron chi connectivity index (χ2n) is 7.64. The first-order chi connectivity index (χ1) is 15.9. The normalized spacial score (nSPS) is 10.9. The van der Waals surface area contributed by atoms with Gasteiger partial charge in [0, 0.05) is 30.2 Å². The number of nitrogens with zero attached hydrogens (tertiary/aromatic N) is 4. The summed E-state index contributed by atoms with van der Waals surface area (Å²) in [6.45, 7) is 4.35. The van der Waals surface area contributed by atoms with Gasteiger partial charge in [0.1, 0.15) is 12.1 Å². The van der Waals surface area contributed by atoms with E-state index in [0.29, 0.717) is 29.3 Å². The van der Waals surface area contributed by atoms with Crippen molar-refractivity contribution in [2.24, 2.45) is 0 Å². The molecule has 0 aliphatic rings. The third-order valence-corrected chi connectivity index (χ3v) is 5.52. The molecule has 0 aliphatic carbocycles. The zero-order chi connectivity index (χ0) is 23.5. The molecular formula is C25H26N4O4. The fourth-order valence-corrected chi connectivity index (χ4v) is 3.82. The Morgan fingerprint density at radius 2 is 1.82 bits per heavy atom. The molecule has 0 saturated heterocycles. The molecule has 4 aromatic rings. The summed E-state index contributed by atoms with van der Waals surface area (Å²) >= 11 is 0. The molecule has 170 valence electrons. The number of likely N-dealkylation sites (N-methyl/N-ethyl adjacent to an activating group) is 1. The van der Waals surface area contributed by atoms with Gasteiger partial charge in [-0.3, -0.25) is 9.59 Å². The van der Waals surface area contributed by atoms with E-state index in [0.717, 1.165) is 16.8 Å². The smallest absolute Gasteiger partial charge is 0.277 e. The highest BCUT2D eigenvalue weighted by Gasteiger charge is 2.17. The summed E-state index contributed by atoms with van der Waals surface area (Å²) in [4.78, 5) is 27.8. The molecule has 0 aliphatic heterocycles. The van der Waals surface area contributed by atoms with Gasteiger partial charge in [0.2, 0.25) is 5.91 Å². The van der Waals surface area contributed by atoms with Crippen LogP contribution in [0, 0.1) is 6.92 Å². The van der Waals surface area contributed by atoms with Gasteiger partial charge < -0.3 is 18.9 Å². The van der Waals surface area contributed by atoms with E-state index in [2.05, 4.69) is 5.10 Å². The Morgan fingerprint density at radius 3 is 2.52 bits per heavy atom. The molecule has 0 atom stereocenters. The molecule has 2 heterocycles. The number of aromatic nitrogens is 3.